The second-order valence-electron chi connectivity index (χ2n) is 6.15. The van der Waals surface area contributed by atoms with Crippen LogP contribution >= 0.6 is 0 Å². The van der Waals surface area contributed by atoms with Crippen LogP contribution in [0.15, 0.2) is 4.52 Å². The molecule has 8 heteroatoms. The molecule has 1 saturated heterocycles. The Kier molecular flexibility index (Phi) is 4.79. The molecule has 0 spiro atoms. The van der Waals surface area contributed by atoms with Crippen LogP contribution < -0.4 is 0 Å². The minimum absolute atomic E-state index is 0.0280. The lowest BCUT2D eigenvalue weighted by atomic mass is 10.0. The van der Waals surface area contributed by atoms with Crippen molar-refractivity contribution in [1.82, 2.24) is 14.4 Å². The second-order valence-corrected chi connectivity index (χ2v) is 8.24. The zero-order valence-electron chi connectivity index (χ0n) is 12.9. The van der Waals surface area contributed by atoms with Crippen LogP contribution in [0.2, 0.25) is 0 Å². The van der Waals surface area contributed by atoms with E-state index in [0.29, 0.717) is 44.3 Å². The molecular weight excluding hydrogens is 306 g/mol. The minimum atomic E-state index is -3.10. The van der Waals surface area contributed by atoms with Crippen molar-refractivity contribution >= 4 is 10.0 Å². The van der Waals surface area contributed by atoms with Gasteiger partial charge in [0.25, 0.3) is 0 Å². The molecule has 2 aliphatic rings. The van der Waals surface area contributed by atoms with E-state index < -0.39 is 10.0 Å². The molecule has 2 fully saturated rings. The highest BCUT2D eigenvalue weighted by atomic mass is 32.2. The average Bonchev–Trinajstić information content (AvgIpc) is 3.12. The molecular formula is C14H23N3O4S. The molecule has 7 nitrogen and oxygen atoms in total. The van der Waals surface area contributed by atoms with E-state index in [1.165, 1.54) is 17.1 Å². The first-order valence-corrected chi connectivity index (χ1v) is 9.57. The smallest absolute Gasteiger partial charge is 0.232 e. The summed E-state index contributed by atoms with van der Waals surface area (Å²) in [6.07, 6.45) is 3.84. The van der Waals surface area contributed by atoms with Gasteiger partial charge in [0.2, 0.25) is 15.9 Å². The quantitative estimate of drug-likeness (QED) is 0.632. The van der Waals surface area contributed by atoms with E-state index in [1.54, 1.807) is 0 Å². The van der Waals surface area contributed by atoms with Crippen molar-refractivity contribution < 1.29 is 17.7 Å². The molecule has 2 heterocycles. The van der Waals surface area contributed by atoms with Gasteiger partial charge >= 0.3 is 0 Å². The zero-order chi connectivity index (χ0) is 15.6. The van der Waals surface area contributed by atoms with Crippen LogP contribution in [0.3, 0.4) is 0 Å². The number of hydrogen-bond donors (Lipinski definition) is 0. The number of aromatic nitrogens is 2. The molecule has 1 aromatic heterocycles. The summed E-state index contributed by atoms with van der Waals surface area (Å²) in [4.78, 5) is 4.35. The van der Waals surface area contributed by atoms with Crippen LogP contribution in [-0.2, 0) is 21.2 Å². The largest absolute Gasteiger partial charge is 0.381 e. The highest BCUT2D eigenvalue weighted by Gasteiger charge is 2.39. The molecule has 1 aliphatic heterocycles. The van der Waals surface area contributed by atoms with Gasteiger partial charge in [0.15, 0.2) is 5.82 Å². The molecule has 0 radical (unpaired) electrons. The summed E-state index contributed by atoms with van der Waals surface area (Å²) in [6.45, 7) is 4.20. The predicted octanol–water partition coefficient (Wildman–Crippen LogP) is 1.18. The van der Waals surface area contributed by atoms with Gasteiger partial charge in [-0.2, -0.15) is 4.98 Å². The Bertz CT molecular complexity index is 591. The van der Waals surface area contributed by atoms with Crippen molar-refractivity contribution in [2.24, 2.45) is 5.92 Å². The van der Waals surface area contributed by atoms with Gasteiger partial charge in [0, 0.05) is 26.1 Å². The van der Waals surface area contributed by atoms with Crippen LogP contribution in [0.1, 0.15) is 43.8 Å². The summed E-state index contributed by atoms with van der Waals surface area (Å²) in [5, 5.41) is 3.94. The second kappa shape index (κ2) is 6.64. The van der Waals surface area contributed by atoms with Crippen molar-refractivity contribution in [3.8, 4) is 0 Å². The van der Waals surface area contributed by atoms with Gasteiger partial charge in [0.05, 0.1) is 18.3 Å². The Morgan fingerprint density at radius 1 is 1.36 bits per heavy atom. The third kappa shape index (κ3) is 3.85. The summed E-state index contributed by atoms with van der Waals surface area (Å²) in [7, 11) is -3.10. The number of rotatable bonds is 9. The third-order valence-electron chi connectivity index (χ3n) is 4.06. The first-order chi connectivity index (χ1) is 10.6. The van der Waals surface area contributed by atoms with Crippen LogP contribution in [0.4, 0.5) is 0 Å². The molecule has 0 atom stereocenters. The van der Waals surface area contributed by atoms with E-state index >= 15 is 0 Å². The van der Waals surface area contributed by atoms with E-state index in [-0.39, 0.29) is 11.7 Å². The Labute approximate surface area is 131 Å². The molecule has 0 bridgehead atoms. The predicted molar refractivity (Wildman–Crippen MR) is 79.9 cm³/mol. The summed E-state index contributed by atoms with van der Waals surface area (Å²) in [6, 6.07) is 0. The topological polar surface area (TPSA) is 85.5 Å². The van der Waals surface area contributed by atoms with Crippen molar-refractivity contribution in [3.05, 3.63) is 11.7 Å². The van der Waals surface area contributed by atoms with Crippen molar-refractivity contribution in [2.45, 2.75) is 38.5 Å². The summed E-state index contributed by atoms with van der Waals surface area (Å²) < 4.78 is 36.0. The van der Waals surface area contributed by atoms with Gasteiger partial charge in [-0.05, 0) is 25.2 Å². The number of hydrogen-bond acceptors (Lipinski definition) is 6. The molecule has 3 rings (SSSR count). The van der Waals surface area contributed by atoms with E-state index in [9.17, 15) is 8.42 Å². The lowest BCUT2D eigenvalue weighted by Crippen LogP contribution is -2.49. The highest BCUT2D eigenvalue weighted by molar-refractivity contribution is 7.89. The maximum absolute atomic E-state index is 11.9. The highest BCUT2D eigenvalue weighted by Crippen LogP contribution is 2.29. The molecule has 1 aromatic rings. The first-order valence-electron chi connectivity index (χ1n) is 7.96. The maximum Gasteiger partial charge on any atom is 0.232 e. The number of sulfonamides is 1. The van der Waals surface area contributed by atoms with Gasteiger partial charge in [-0.25, -0.2) is 12.7 Å². The fourth-order valence-electron chi connectivity index (χ4n) is 2.44. The van der Waals surface area contributed by atoms with Crippen LogP contribution in [-0.4, -0.2) is 54.9 Å². The lowest BCUT2D eigenvalue weighted by Gasteiger charge is -2.35. The average molecular weight is 329 g/mol. The van der Waals surface area contributed by atoms with E-state index in [4.69, 9.17) is 9.26 Å². The Balaban J connectivity index is 1.42. The Morgan fingerprint density at radius 2 is 2.14 bits per heavy atom. The fraction of sp³-hybridized carbons (Fsp3) is 0.857. The first kappa shape index (κ1) is 15.9. The van der Waals surface area contributed by atoms with Crippen LogP contribution in [0.25, 0.3) is 0 Å². The molecule has 1 aliphatic carbocycles. The monoisotopic (exact) mass is 329 g/mol. The molecule has 22 heavy (non-hydrogen) atoms. The van der Waals surface area contributed by atoms with E-state index in [1.807, 2.05) is 6.92 Å². The molecule has 0 amide bonds. The van der Waals surface area contributed by atoms with Gasteiger partial charge in [-0.1, -0.05) is 12.1 Å². The number of nitrogens with zero attached hydrogens (tertiary/aromatic N) is 3. The maximum atomic E-state index is 11.9. The van der Waals surface area contributed by atoms with Gasteiger partial charge < -0.3 is 9.26 Å². The van der Waals surface area contributed by atoms with Crippen molar-refractivity contribution in [2.75, 3.05) is 32.1 Å². The summed E-state index contributed by atoms with van der Waals surface area (Å²) in [5.74, 6) is 2.17. The molecule has 0 aromatic carbocycles. The normalized spacial score (nSPS) is 20.2. The summed E-state index contributed by atoms with van der Waals surface area (Å²) >= 11 is 0. The van der Waals surface area contributed by atoms with Crippen molar-refractivity contribution in [1.29, 1.82) is 0 Å². The summed E-state index contributed by atoms with van der Waals surface area (Å²) in [5.41, 5.74) is 0. The zero-order valence-corrected chi connectivity index (χ0v) is 13.7. The van der Waals surface area contributed by atoms with Gasteiger partial charge in [0.1, 0.15) is 0 Å². The Hall–Kier alpha value is -0.990. The standard InChI is InChI=1S/C14H23N3O4S/c1-2-7-22(18,19)17-8-12(9-17)14-15-13(16-21-14)5-6-20-10-11-3-4-11/h11-12H,2-10H2,1H3. The SMILES string of the molecule is CCCS(=O)(=O)N1CC(c2nc(CCOCC3CC3)no2)C1. The van der Waals surface area contributed by atoms with Crippen LogP contribution in [0, 0.1) is 5.92 Å². The third-order valence-corrected chi connectivity index (χ3v) is 6.07. The molecule has 0 N–H and O–H groups in total. The van der Waals surface area contributed by atoms with E-state index in [0.717, 1.165) is 12.5 Å². The number of ether oxygens (including phenoxy) is 1. The fourth-order valence-corrected chi connectivity index (χ4v) is 4.03. The molecule has 1 saturated carbocycles. The lowest BCUT2D eigenvalue weighted by molar-refractivity contribution is 0.125. The molecule has 0 unspecified atom stereocenters. The molecule has 124 valence electrons. The van der Waals surface area contributed by atoms with Gasteiger partial charge in [-0.3, -0.25) is 0 Å². The van der Waals surface area contributed by atoms with E-state index in [2.05, 4.69) is 10.1 Å². The van der Waals surface area contributed by atoms with Gasteiger partial charge in [-0.15, -0.1) is 0 Å². The van der Waals surface area contributed by atoms with Crippen molar-refractivity contribution in [3.63, 3.8) is 0 Å². The minimum Gasteiger partial charge on any atom is -0.381 e. The Morgan fingerprint density at radius 3 is 2.82 bits per heavy atom. The van der Waals surface area contributed by atoms with Crippen LogP contribution in [0.5, 0.6) is 0 Å².